The van der Waals surface area contributed by atoms with E-state index in [2.05, 4.69) is 21.7 Å². The van der Waals surface area contributed by atoms with E-state index in [4.69, 9.17) is 5.73 Å². The van der Waals surface area contributed by atoms with Gasteiger partial charge in [0.1, 0.15) is 5.69 Å². The second-order valence-electron chi connectivity index (χ2n) is 4.50. The van der Waals surface area contributed by atoms with Gasteiger partial charge in [-0.25, -0.2) is 4.98 Å². The van der Waals surface area contributed by atoms with E-state index in [0.717, 1.165) is 6.42 Å². The molecular formula is C13H18N4OS. The van der Waals surface area contributed by atoms with E-state index >= 15 is 0 Å². The Bertz CT molecular complexity index is 520. The van der Waals surface area contributed by atoms with Gasteiger partial charge in [0.05, 0.1) is 6.33 Å². The van der Waals surface area contributed by atoms with Gasteiger partial charge in [0.15, 0.2) is 0 Å². The lowest BCUT2D eigenvalue weighted by Crippen LogP contribution is -2.34. The smallest absolute Gasteiger partial charge is 0.271 e. The van der Waals surface area contributed by atoms with Gasteiger partial charge in [-0.1, -0.05) is 0 Å². The number of carbonyl (C=O) groups excluding carboxylic acids is 1. The Labute approximate surface area is 116 Å². The van der Waals surface area contributed by atoms with Crippen molar-refractivity contribution in [2.75, 3.05) is 6.54 Å². The van der Waals surface area contributed by atoms with Crippen LogP contribution < -0.4 is 11.1 Å². The van der Waals surface area contributed by atoms with Crippen LogP contribution in [0.25, 0.3) is 0 Å². The number of imidazole rings is 1. The number of hydrogen-bond donors (Lipinski definition) is 2. The molecule has 6 heteroatoms. The van der Waals surface area contributed by atoms with Gasteiger partial charge in [0.2, 0.25) is 0 Å². The van der Waals surface area contributed by atoms with Crippen LogP contribution in [0.15, 0.2) is 29.4 Å². The summed E-state index contributed by atoms with van der Waals surface area (Å²) in [5, 5.41) is 7.08. The minimum atomic E-state index is -0.140. The van der Waals surface area contributed by atoms with E-state index < -0.39 is 0 Å². The molecule has 102 valence electrons. The number of amides is 1. The van der Waals surface area contributed by atoms with E-state index in [0.29, 0.717) is 18.8 Å². The zero-order valence-electron chi connectivity index (χ0n) is 10.9. The largest absolute Gasteiger partial charge is 0.348 e. The van der Waals surface area contributed by atoms with Gasteiger partial charge in [-0.05, 0) is 35.7 Å². The maximum atomic E-state index is 12.0. The van der Waals surface area contributed by atoms with E-state index in [1.807, 2.05) is 16.9 Å². The maximum Gasteiger partial charge on any atom is 0.271 e. The fraction of sp³-hybridized carbons (Fsp3) is 0.385. The minimum Gasteiger partial charge on any atom is -0.348 e. The molecule has 0 radical (unpaired) electrons. The third kappa shape index (κ3) is 3.90. The van der Waals surface area contributed by atoms with Crippen LogP contribution in [0.4, 0.5) is 0 Å². The number of nitrogens with one attached hydrogen (secondary N) is 1. The van der Waals surface area contributed by atoms with Crippen LogP contribution in [-0.2, 0) is 13.0 Å². The van der Waals surface area contributed by atoms with E-state index in [-0.39, 0.29) is 11.9 Å². The molecule has 1 atom stereocenters. The lowest BCUT2D eigenvalue weighted by Gasteiger charge is -2.11. The van der Waals surface area contributed by atoms with Gasteiger partial charge in [0.25, 0.3) is 5.91 Å². The topological polar surface area (TPSA) is 72.9 Å². The zero-order chi connectivity index (χ0) is 13.7. The third-order valence-corrected chi connectivity index (χ3v) is 3.48. The van der Waals surface area contributed by atoms with Gasteiger partial charge in [-0.2, -0.15) is 11.3 Å². The summed E-state index contributed by atoms with van der Waals surface area (Å²) in [4.78, 5) is 16.1. The summed E-state index contributed by atoms with van der Waals surface area (Å²) in [5.74, 6) is -0.140. The van der Waals surface area contributed by atoms with E-state index in [9.17, 15) is 4.79 Å². The summed E-state index contributed by atoms with van der Waals surface area (Å²) in [6, 6.07) is 2.16. The highest BCUT2D eigenvalue weighted by Crippen LogP contribution is 2.08. The van der Waals surface area contributed by atoms with Crippen molar-refractivity contribution in [1.82, 2.24) is 14.9 Å². The second-order valence-corrected chi connectivity index (χ2v) is 5.28. The number of aromatic nitrogens is 2. The monoisotopic (exact) mass is 278 g/mol. The summed E-state index contributed by atoms with van der Waals surface area (Å²) in [6.45, 7) is 3.20. The Hall–Kier alpha value is -1.66. The Morgan fingerprint density at radius 3 is 3.16 bits per heavy atom. The molecule has 0 spiro atoms. The van der Waals surface area contributed by atoms with Crippen LogP contribution >= 0.6 is 11.3 Å². The number of hydrogen-bond acceptors (Lipinski definition) is 4. The molecule has 5 nitrogen and oxygen atoms in total. The summed E-state index contributed by atoms with van der Waals surface area (Å²) >= 11 is 1.67. The molecule has 2 aromatic rings. The maximum absolute atomic E-state index is 12.0. The van der Waals surface area contributed by atoms with Crippen molar-refractivity contribution in [3.63, 3.8) is 0 Å². The molecule has 0 aliphatic heterocycles. The molecular weight excluding hydrogens is 260 g/mol. The third-order valence-electron chi connectivity index (χ3n) is 2.75. The van der Waals surface area contributed by atoms with Crippen molar-refractivity contribution < 1.29 is 4.79 Å². The molecule has 0 aliphatic carbocycles. The summed E-state index contributed by atoms with van der Waals surface area (Å²) in [6.07, 6.45) is 4.18. The molecule has 0 saturated carbocycles. The molecule has 2 heterocycles. The van der Waals surface area contributed by atoms with Gasteiger partial charge >= 0.3 is 0 Å². The number of nitrogens with zero attached hydrogens (tertiary/aromatic N) is 2. The van der Waals surface area contributed by atoms with Crippen LogP contribution in [-0.4, -0.2) is 28.0 Å². The Kier molecular flexibility index (Phi) is 4.70. The highest BCUT2D eigenvalue weighted by Gasteiger charge is 2.12. The molecule has 3 N–H and O–H groups in total. The fourth-order valence-electron chi connectivity index (χ4n) is 1.86. The van der Waals surface area contributed by atoms with Crippen LogP contribution in [0.1, 0.15) is 23.0 Å². The quantitative estimate of drug-likeness (QED) is 0.835. The van der Waals surface area contributed by atoms with Crippen molar-refractivity contribution in [3.8, 4) is 0 Å². The van der Waals surface area contributed by atoms with Crippen molar-refractivity contribution >= 4 is 17.2 Å². The number of rotatable bonds is 6. The first-order valence-corrected chi connectivity index (χ1v) is 7.17. The van der Waals surface area contributed by atoms with Crippen LogP contribution in [0.2, 0.25) is 0 Å². The molecule has 0 aromatic carbocycles. The predicted octanol–water partition coefficient (Wildman–Crippen LogP) is 1.26. The van der Waals surface area contributed by atoms with Crippen molar-refractivity contribution in [3.05, 3.63) is 40.6 Å². The second kappa shape index (κ2) is 6.49. The SMILES string of the molecule is CC(Cc1ccsc1)NC(=O)c1cn(CCN)cn1. The lowest BCUT2D eigenvalue weighted by molar-refractivity contribution is 0.0935. The minimum absolute atomic E-state index is 0.0850. The summed E-state index contributed by atoms with van der Waals surface area (Å²) in [7, 11) is 0. The highest BCUT2D eigenvalue weighted by molar-refractivity contribution is 7.07. The van der Waals surface area contributed by atoms with Crippen molar-refractivity contribution in [1.29, 1.82) is 0 Å². The molecule has 0 saturated heterocycles. The average Bonchev–Trinajstić information content (AvgIpc) is 3.00. The van der Waals surface area contributed by atoms with Gasteiger partial charge in [-0.15, -0.1) is 0 Å². The molecule has 1 amide bonds. The molecule has 0 aliphatic rings. The van der Waals surface area contributed by atoms with Crippen molar-refractivity contribution in [2.45, 2.75) is 25.9 Å². The number of thiophene rings is 1. The first kappa shape index (κ1) is 13.8. The van der Waals surface area contributed by atoms with E-state index in [1.54, 1.807) is 23.9 Å². The standard InChI is InChI=1S/C13H18N4OS/c1-10(6-11-2-5-19-8-11)16-13(18)12-7-17(4-3-14)9-15-12/h2,5,7-10H,3-4,6,14H2,1H3,(H,16,18). The molecule has 0 fully saturated rings. The number of nitrogens with two attached hydrogens (primary N) is 1. The van der Waals surface area contributed by atoms with Crippen LogP contribution in [0.5, 0.6) is 0 Å². The summed E-state index contributed by atoms with van der Waals surface area (Å²) in [5.41, 5.74) is 7.13. The van der Waals surface area contributed by atoms with Crippen molar-refractivity contribution in [2.24, 2.45) is 5.73 Å². The normalized spacial score (nSPS) is 12.3. The first-order valence-electron chi connectivity index (χ1n) is 6.23. The summed E-state index contributed by atoms with van der Waals surface area (Å²) < 4.78 is 1.82. The Morgan fingerprint density at radius 1 is 1.63 bits per heavy atom. The highest BCUT2D eigenvalue weighted by atomic mass is 32.1. The Balaban J connectivity index is 1.88. The van der Waals surface area contributed by atoms with Crippen LogP contribution in [0, 0.1) is 0 Å². The fourth-order valence-corrected chi connectivity index (χ4v) is 2.54. The Morgan fingerprint density at radius 2 is 2.47 bits per heavy atom. The first-order chi connectivity index (χ1) is 9.19. The van der Waals surface area contributed by atoms with Gasteiger partial charge in [0, 0.05) is 25.3 Å². The van der Waals surface area contributed by atoms with Gasteiger partial charge < -0.3 is 15.6 Å². The zero-order valence-corrected chi connectivity index (χ0v) is 11.7. The predicted molar refractivity (Wildman–Crippen MR) is 76.2 cm³/mol. The molecule has 19 heavy (non-hydrogen) atoms. The molecule has 1 unspecified atom stereocenters. The lowest BCUT2D eigenvalue weighted by atomic mass is 10.1. The van der Waals surface area contributed by atoms with E-state index in [1.165, 1.54) is 5.56 Å². The average molecular weight is 278 g/mol. The van der Waals surface area contributed by atoms with Crippen LogP contribution in [0.3, 0.4) is 0 Å². The molecule has 2 aromatic heterocycles. The number of carbonyl (C=O) groups is 1. The van der Waals surface area contributed by atoms with Gasteiger partial charge in [-0.3, -0.25) is 4.79 Å². The molecule has 0 bridgehead atoms. The molecule has 2 rings (SSSR count).